The van der Waals surface area contributed by atoms with Crippen LogP contribution in [0, 0.1) is 0 Å². The number of hydrogen-bond acceptors (Lipinski definition) is 4. The van der Waals surface area contributed by atoms with Crippen molar-refractivity contribution in [3.05, 3.63) is 64.8 Å². The van der Waals surface area contributed by atoms with Gasteiger partial charge in [-0.1, -0.05) is 39.8 Å². The number of carbonyl (C=O) groups excluding carboxylic acids is 2. The number of nitrogens with zero attached hydrogens (tertiary/aromatic N) is 1. The van der Waals surface area contributed by atoms with Crippen LogP contribution in [0.5, 0.6) is 0 Å². The molecule has 8 heteroatoms. The Kier molecular flexibility index (Phi) is 5.98. The van der Waals surface area contributed by atoms with Gasteiger partial charge in [-0.15, -0.1) is 0 Å². The van der Waals surface area contributed by atoms with E-state index in [1.807, 2.05) is 24.3 Å². The minimum atomic E-state index is -0.504. The van der Waals surface area contributed by atoms with E-state index in [2.05, 4.69) is 31.2 Å². The molecule has 0 saturated carbocycles. The molecule has 3 aromatic rings. The average Bonchev–Trinajstić information content (AvgIpc) is 3.11. The second-order valence-corrected chi connectivity index (χ2v) is 8.05. The Balaban J connectivity index is 1.61. The van der Waals surface area contributed by atoms with E-state index in [1.54, 1.807) is 37.4 Å². The van der Waals surface area contributed by atoms with Crippen LogP contribution in [0.25, 0.3) is 11.3 Å². The lowest BCUT2D eigenvalue weighted by Crippen LogP contribution is -2.22. The number of hydrogen-bond donors (Lipinski definition) is 3. The molecule has 0 aliphatic heterocycles. The van der Waals surface area contributed by atoms with Crippen molar-refractivity contribution in [2.45, 2.75) is 17.3 Å². The molecule has 0 fully saturated rings. The predicted octanol–water partition coefficient (Wildman–Crippen LogP) is 4.06. The van der Waals surface area contributed by atoms with Crippen molar-refractivity contribution >= 4 is 45.2 Å². The van der Waals surface area contributed by atoms with Gasteiger partial charge in [0, 0.05) is 15.7 Å². The molecule has 0 unspecified atom stereocenters. The second-order valence-electron chi connectivity index (χ2n) is 5.80. The highest BCUT2D eigenvalue weighted by Crippen LogP contribution is 2.26. The van der Waals surface area contributed by atoms with Crippen molar-refractivity contribution in [3.63, 3.8) is 0 Å². The summed E-state index contributed by atoms with van der Waals surface area (Å²) in [5, 5.41) is 3.12. The molecule has 1 atom stereocenters. The van der Waals surface area contributed by atoms with E-state index in [0.717, 1.165) is 15.7 Å². The summed E-state index contributed by atoms with van der Waals surface area (Å²) in [4.78, 5) is 31.0. The number of nitrogens with one attached hydrogen (secondary N) is 2. The van der Waals surface area contributed by atoms with Crippen molar-refractivity contribution in [1.29, 1.82) is 0 Å². The highest BCUT2D eigenvalue weighted by atomic mass is 79.9. The van der Waals surface area contributed by atoms with E-state index in [-0.39, 0.29) is 11.2 Å². The quantitative estimate of drug-likeness (QED) is 0.498. The fourth-order valence-electron chi connectivity index (χ4n) is 2.32. The second kappa shape index (κ2) is 8.41. The van der Waals surface area contributed by atoms with Gasteiger partial charge in [0.25, 0.3) is 0 Å². The molecule has 0 saturated heterocycles. The van der Waals surface area contributed by atoms with Gasteiger partial charge in [-0.25, -0.2) is 4.98 Å². The van der Waals surface area contributed by atoms with Gasteiger partial charge in [0.2, 0.25) is 11.8 Å². The van der Waals surface area contributed by atoms with E-state index in [1.165, 1.54) is 11.8 Å². The third-order valence-electron chi connectivity index (χ3n) is 3.80. The van der Waals surface area contributed by atoms with Crippen LogP contribution in [0.2, 0.25) is 0 Å². The molecule has 0 bridgehead atoms. The topological polar surface area (TPSA) is 101 Å². The van der Waals surface area contributed by atoms with Crippen LogP contribution in [-0.4, -0.2) is 27.0 Å². The Morgan fingerprint density at radius 3 is 2.44 bits per heavy atom. The lowest BCUT2D eigenvalue weighted by Gasteiger charge is -2.10. The number of aromatic nitrogens is 2. The Morgan fingerprint density at radius 1 is 1.15 bits per heavy atom. The minimum absolute atomic E-state index is 0.159. The number of anilines is 1. The summed E-state index contributed by atoms with van der Waals surface area (Å²) in [6.07, 6.45) is 1.75. The molecule has 1 heterocycles. The molecular weight excluding hydrogens is 428 g/mol. The van der Waals surface area contributed by atoms with Crippen LogP contribution in [0.4, 0.5) is 5.69 Å². The average molecular weight is 445 g/mol. The van der Waals surface area contributed by atoms with Crippen LogP contribution >= 0.6 is 27.7 Å². The molecular formula is C19H17BrN4O2S. The van der Waals surface area contributed by atoms with E-state index >= 15 is 0 Å². The third kappa shape index (κ3) is 4.99. The van der Waals surface area contributed by atoms with Crippen molar-refractivity contribution in [1.82, 2.24) is 9.97 Å². The molecule has 138 valence electrons. The normalized spacial score (nSPS) is 11.8. The van der Waals surface area contributed by atoms with Gasteiger partial charge in [-0.05, 0) is 48.9 Å². The zero-order valence-corrected chi connectivity index (χ0v) is 16.8. The molecule has 4 N–H and O–H groups in total. The fourth-order valence-corrected chi connectivity index (χ4v) is 3.37. The number of halogens is 1. The molecule has 2 amide bonds. The Labute approximate surface area is 169 Å². The maximum Gasteiger partial charge on any atom is 0.248 e. The summed E-state index contributed by atoms with van der Waals surface area (Å²) < 4.78 is 1.01. The highest BCUT2D eigenvalue weighted by molar-refractivity contribution is 9.10. The van der Waals surface area contributed by atoms with Gasteiger partial charge in [-0.2, -0.15) is 0 Å². The monoisotopic (exact) mass is 444 g/mol. The first kappa shape index (κ1) is 19.2. The van der Waals surface area contributed by atoms with Gasteiger partial charge in [0.05, 0.1) is 17.1 Å². The lowest BCUT2D eigenvalue weighted by atomic mass is 10.2. The molecule has 2 aromatic carbocycles. The number of benzene rings is 2. The highest BCUT2D eigenvalue weighted by Gasteiger charge is 2.17. The van der Waals surface area contributed by atoms with Gasteiger partial charge in [-0.3, -0.25) is 9.59 Å². The largest absolute Gasteiger partial charge is 0.366 e. The number of primary amides is 1. The maximum absolute atomic E-state index is 12.4. The number of imidazole rings is 1. The van der Waals surface area contributed by atoms with Crippen molar-refractivity contribution in [3.8, 4) is 11.3 Å². The summed E-state index contributed by atoms with van der Waals surface area (Å²) in [5.41, 5.74) is 8.11. The number of nitrogens with two attached hydrogens (primary N) is 1. The zero-order valence-electron chi connectivity index (χ0n) is 14.4. The number of amides is 2. The van der Waals surface area contributed by atoms with Crippen LogP contribution in [0.15, 0.2) is 64.4 Å². The predicted molar refractivity (Wildman–Crippen MR) is 111 cm³/mol. The third-order valence-corrected chi connectivity index (χ3v) is 5.33. The van der Waals surface area contributed by atoms with Gasteiger partial charge in [0.1, 0.15) is 0 Å². The van der Waals surface area contributed by atoms with Crippen LogP contribution in [0.1, 0.15) is 17.3 Å². The summed E-state index contributed by atoms with van der Waals surface area (Å²) in [7, 11) is 0. The SMILES string of the molecule is C[C@H](Sc1ncc(-c2ccc(Br)cc2)[nH]1)C(=O)Nc1ccc(C(N)=O)cc1. The van der Waals surface area contributed by atoms with Gasteiger partial charge >= 0.3 is 0 Å². The van der Waals surface area contributed by atoms with E-state index < -0.39 is 5.91 Å². The smallest absolute Gasteiger partial charge is 0.248 e. The standard InChI is InChI=1S/C19H17BrN4O2S/c1-11(18(26)23-15-8-4-13(5-9-15)17(21)25)27-19-22-10-16(24-19)12-2-6-14(20)7-3-12/h2-11H,1H3,(H2,21,25)(H,22,24)(H,23,26)/t11-/m0/s1. The number of aromatic amines is 1. The van der Waals surface area contributed by atoms with Gasteiger partial charge < -0.3 is 16.0 Å². The zero-order chi connectivity index (χ0) is 19.4. The Bertz CT molecular complexity index is 955. The summed E-state index contributed by atoms with van der Waals surface area (Å²) in [6.45, 7) is 1.81. The maximum atomic E-state index is 12.4. The number of carbonyl (C=O) groups is 2. The fraction of sp³-hybridized carbons (Fsp3) is 0.105. The van der Waals surface area contributed by atoms with E-state index in [0.29, 0.717) is 16.4 Å². The van der Waals surface area contributed by atoms with Crippen LogP contribution in [0.3, 0.4) is 0 Å². The van der Waals surface area contributed by atoms with Crippen molar-refractivity contribution < 1.29 is 9.59 Å². The first-order valence-corrected chi connectivity index (χ1v) is 9.78. The van der Waals surface area contributed by atoms with Crippen LogP contribution in [-0.2, 0) is 4.79 Å². The van der Waals surface area contributed by atoms with Crippen LogP contribution < -0.4 is 11.1 Å². The molecule has 0 spiro atoms. The molecule has 0 aliphatic rings. The molecule has 6 nitrogen and oxygen atoms in total. The van der Waals surface area contributed by atoms with Gasteiger partial charge in [0.15, 0.2) is 5.16 Å². The Morgan fingerprint density at radius 2 is 1.81 bits per heavy atom. The van der Waals surface area contributed by atoms with E-state index in [9.17, 15) is 9.59 Å². The number of rotatable bonds is 6. The lowest BCUT2D eigenvalue weighted by molar-refractivity contribution is -0.115. The molecule has 1 aromatic heterocycles. The Hall–Kier alpha value is -2.58. The minimum Gasteiger partial charge on any atom is -0.366 e. The van der Waals surface area contributed by atoms with E-state index in [4.69, 9.17) is 5.73 Å². The first-order chi connectivity index (χ1) is 12.9. The molecule has 27 heavy (non-hydrogen) atoms. The number of thioether (sulfide) groups is 1. The summed E-state index contributed by atoms with van der Waals surface area (Å²) >= 11 is 4.75. The number of H-pyrrole nitrogens is 1. The molecule has 3 rings (SSSR count). The summed E-state index contributed by atoms with van der Waals surface area (Å²) in [5.74, 6) is -0.662. The summed E-state index contributed by atoms with van der Waals surface area (Å²) in [6, 6.07) is 14.3. The van der Waals surface area contributed by atoms with Crippen molar-refractivity contribution in [2.75, 3.05) is 5.32 Å². The molecule has 0 aliphatic carbocycles. The molecule has 0 radical (unpaired) electrons. The van der Waals surface area contributed by atoms with Crippen molar-refractivity contribution in [2.24, 2.45) is 5.73 Å². The first-order valence-electron chi connectivity index (χ1n) is 8.10.